The van der Waals surface area contributed by atoms with Gasteiger partial charge in [-0.05, 0) is 24.3 Å². The fourth-order valence-corrected chi connectivity index (χ4v) is 4.06. The Bertz CT molecular complexity index is 837. The molecule has 0 saturated carbocycles. The van der Waals surface area contributed by atoms with E-state index in [0.29, 0.717) is 6.54 Å². The molecule has 1 aliphatic rings. The molecule has 3 rings (SSSR count). The van der Waals surface area contributed by atoms with Gasteiger partial charge in [-0.25, -0.2) is 13.1 Å². The third-order valence-electron chi connectivity index (χ3n) is 4.96. The smallest absolute Gasteiger partial charge is 0.208 e. The van der Waals surface area contributed by atoms with Gasteiger partial charge in [-0.15, -0.1) is 0 Å². The third-order valence-corrected chi connectivity index (χ3v) is 5.65. The molecule has 1 aliphatic heterocycles. The van der Waals surface area contributed by atoms with Crippen LogP contribution < -0.4 is 19.3 Å². The zero-order chi connectivity index (χ0) is 19.3. The minimum Gasteiger partial charge on any atom is -0.495 e. The average Bonchev–Trinajstić information content (AvgIpc) is 2.68. The first-order valence-corrected chi connectivity index (χ1v) is 10.9. The van der Waals surface area contributed by atoms with Crippen molar-refractivity contribution in [3.05, 3.63) is 54.4 Å². The summed E-state index contributed by atoms with van der Waals surface area (Å²) >= 11 is 0. The zero-order valence-electron chi connectivity index (χ0n) is 15.8. The van der Waals surface area contributed by atoms with Crippen molar-refractivity contribution in [3.63, 3.8) is 0 Å². The number of quaternary nitrogens is 1. The Balaban J connectivity index is 1.72. The van der Waals surface area contributed by atoms with E-state index in [1.54, 1.807) is 13.3 Å². The van der Waals surface area contributed by atoms with Crippen LogP contribution in [0.25, 0.3) is 0 Å². The van der Waals surface area contributed by atoms with E-state index in [2.05, 4.69) is 20.7 Å². The van der Waals surface area contributed by atoms with E-state index in [0.717, 1.165) is 43.2 Å². The topological polar surface area (TPSA) is 76.0 Å². The molecule has 1 fully saturated rings. The molecule has 2 heterocycles. The normalized spacial score (nSPS) is 16.9. The maximum atomic E-state index is 11.6. The predicted octanol–water partition coefficient (Wildman–Crippen LogP) is 0.0856. The number of nitrogens with one attached hydrogen (secondary N) is 2. The van der Waals surface area contributed by atoms with Gasteiger partial charge in [0.05, 0.1) is 51.8 Å². The molecule has 1 saturated heterocycles. The first kappa shape index (κ1) is 19.6. The highest BCUT2D eigenvalue weighted by Crippen LogP contribution is 2.27. The lowest BCUT2D eigenvalue weighted by Crippen LogP contribution is -3.15. The molecule has 27 heavy (non-hydrogen) atoms. The van der Waals surface area contributed by atoms with Crippen molar-refractivity contribution in [3.8, 4) is 5.75 Å². The lowest BCUT2D eigenvalue weighted by Gasteiger charge is -2.38. The average molecular weight is 392 g/mol. The number of rotatable bonds is 7. The molecule has 2 aromatic rings. The maximum absolute atomic E-state index is 11.6. The van der Waals surface area contributed by atoms with Crippen LogP contribution in [0.1, 0.15) is 11.6 Å². The van der Waals surface area contributed by atoms with Crippen LogP contribution >= 0.6 is 0 Å². The Morgan fingerprint density at radius 3 is 2.59 bits per heavy atom. The minimum absolute atomic E-state index is 0.0354. The van der Waals surface area contributed by atoms with Crippen molar-refractivity contribution in [2.45, 2.75) is 6.04 Å². The van der Waals surface area contributed by atoms with Gasteiger partial charge in [-0.2, -0.15) is 0 Å². The fourth-order valence-electron chi connectivity index (χ4n) is 3.59. The number of aromatic nitrogens is 1. The van der Waals surface area contributed by atoms with E-state index in [1.165, 1.54) is 11.2 Å². The van der Waals surface area contributed by atoms with Gasteiger partial charge in [-0.1, -0.05) is 12.1 Å². The molecule has 0 bridgehead atoms. The van der Waals surface area contributed by atoms with Crippen molar-refractivity contribution in [2.24, 2.45) is 0 Å². The lowest BCUT2D eigenvalue weighted by molar-refractivity contribution is -0.930. The molecule has 0 amide bonds. The van der Waals surface area contributed by atoms with Crippen molar-refractivity contribution >= 4 is 15.7 Å². The summed E-state index contributed by atoms with van der Waals surface area (Å²) in [4.78, 5) is 7.89. The summed E-state index contributed by atoms with van der Waals surface area (Å²) in [7, 11) is -1.55. The largest absolute Gasteiger partial charge is 0.495 e. The highest BCUT2D eigenvalue weighted by Gasteiger charge is 2.30. The third kappa shape index (κ3) is 5.18. The number of piperazine rings is 1. The van der Waals surface area contributed by atoms with E-state index in [9.17, 15) is 8.42 Å². The molecule has 0 radical (unpaired) electrons. The molecular weight excluding hydrogens is 364 g/mol. The number of hydrogen-bond acceptors (Lipinski definition) is 5. The van der Waals surface area contributed by atoms with E-state index < -0.39 is 10.0 Å². The Morgan fingerprint density at radius 2 is 1.96 bits per heavy atom. The first-order chi connectivity index (χ1) is 13.0. The second kappa shape index (κ2) is 8.69. The predicted molar refractivity (Wildman–Crippen MR) is 106 cm³/mol. The van der Waals surface area contributed by atoms with Gasteiger partial charge in [0.15, 0.2) is 0 Å². The van der Waals surface area contributed by atoms with Crippen LogP contribution in [0.5, 0.6) is 5.75 Å². The number of anilines is 1. The molecule has 0 spiro atoms. The number of ether oxygens (including phenoxy) is 1. The van der Waals surface area contributed by atoms with Crippen LogP contribution in [0.15, 0.2) is 48.8 Å². The van der Waals surface area contributed by atoms with Gasteiger partial charge in [0.25, 0.3) is 0 Å². The Kier molecular flexibility index (Phi) is 6.30. The number of para-hydroxylation sites is 2. The van der Waals surface area contributed by atoms with E-state index in [4.69, 9.17) is 4.74 Å². The zero-order valence-corrected chi connectivity index (χ0v) is 16.6. The number of sulfonamides is 1. The molecule has 8 heteroatoms. The summed E-state index contributed by atoms with van der Waals surface area (Å²) in [6.07, 6.45) is 4.76. The molecular formula is C19H27N4O3S+. The molecule has 1 atom stereocenters. The Morgan fingerprint density at radius 1 is 1.22 bits per heavy atom. The Hall–Kier alpha value is -2.16. The summed E-state index contributed by atoms with van der Waals surface area (Å²) in [5.74, 6) is 0.878. The van der Waals surface area contributed by atoms with E-state index >= 15 is 0 Å². The van der Waals surface area contributed by atoms with Crippen molar-refractivity contribution < 1.29 is 18.1 Å². The summed E-state index contributed by atoms with van der Waals surface area (Å²) in [5, 5.41) is 0. The van der Waals surface area contributed by atoms with Gasteiger partial charge in [0.2, 0.25) is 10.0 Å². The van der Waals surface area contributed by atoms with E-state index in [1.807, 2.05) is 36.5 Å². The second-order valence-electron chi connectivity index (χ2n) is 6.78. The SMILES string of the molecule is COc1ccccc1N1CC[NH+]([C@H](CNS(C)(=O)=O)c2cccnc2)CC1. The Labute approximate surface area is 161 Å². The van der Waals surface area contributed by atoms with E-state index in [-0.39, 0.29) is 6.04 Å². The van der Waals surface area contributed by atoms with Crippen molar-refractivity contribution in [1.29, 1.82) is 0 Å². The van der Waals surface area contributed by atoms with Gasteiger partial charge in [0, 0.05) is 18.0 Å². The molecule has 0 aliphatic carbocycles. The number of pyridine rings is 1. The van der Waals surface area contributed by atoms with Crippen LogP contribution in [0, 0.1) is 0 Å². The number of hydrogen-bond donors (Lipinski definition) is 2. The summed E-state index contributed by atoms with van der Waals surface area (Å²) in [5.41, 5.74) is 2.15. The second-order valence-corrected chi connectivity index (χ2v) is 8.61. The monoisotopic (exact) mass is 391 g/mol. The lowest BCUT2D eigenvalue weighted by atomic mass is 10.1. The maximum Gasteiger partial charge on any atom is 0.208 e. The van der Waals surface area contributed by atoms with Gasteiger partial charge in [-0.3, -0.25) is 4.98 Å². The molecule has 146 valence electrons. The molecule has 1 aromatic carbocycles. The molecule has 7 nitrogen and oxygen atoms in total. The van der Waals surface area contributed by atoms with Crippen LogP contribution in [0.3, 0.4) is 0 Å². The fraction of sp³-hybridized carbons (Fsp3) is 0.421. The highest BCUT2D eigenvalue weighted by atomic mass is 32.2. The number of benzene rings is 1. The molecule has 0 unspecified atom stereocenters. The van der Waals surface area contributed by atoms with Crippen LogP contribution in [0.4, 0.5) is 5.69 Å². The van der Waals surface area contributed by atoms with Gasteiger partial charge >= 0.3 is 0 Å². The van der Waals surface area contributed by atoms with Gasteiger partial charge in [0.1, 0.15) is 11.8 Å². The quantitative estimate of drug-likeness (QED) is 0.700. The van der Waals surface area contributed by atoms with Crippen molar-refractivity contribution in [1.82, 2.24) is 9.71 Å². The number of methoxy groups -OCH3 is 1. The highest BCUT2D eigenvalue weighted by molar-refractivity contribution is 7.88. The number of nitrogens with zero attached hydrogens (tertiary/aromatic N) is 2. The minimum atomic E-state index is -3.24. The van der Waals surface area contributed by atoms with Crippen molar-refractivity contribution in [2.75, 3.05) is 51.0 Å². The van der Waals surface area contributed by atoms with Crippen LogP contribution in [0.2, 0.25) is 0 Å². The standard InChI is InChI=1S/C19H26N4O3S/c1-26-19-8-4-3-7-17(19)22-10-12-23(13-11-22)18(15-21-27(2,24)25)16-6-5-9-20-14-16/h3-9,14,18,21H,10-13,15H2,1-2H3/p+1/t18-/m1/s1. The van der Waals surface area contributed by atoms with Gasteiger partial charge < -0.3 is 14.5 Å². The van der Waals surface area contributed by atoms with Crippen LogP contribution in [-0.2, 0) is 10.0 Å². The summed E-state index contributed by atoms with van der Waals surface area (Å²) < 4.78 is 31.4. The first-order valence-electron chi connectivity index (χ1n) is 9.05. The summed E-state index contributed by atoms with van der Waals surface area (Å²) in [6.45, 7) is 3.94. The molecule has 2 N–H and O–H groups in total. The molecule has 1 aromatic heterocycles. The summed E-state index contributed by atoms with van der Waals surface area (Å²) in [6, 6.07) is 12.0. The van der Waals surface area contributed by atoms with Crippen LogP contribution in [-0.4, -0.2) is 59.5 Å².